The molecule has 3 atom stereocenters. The van der Waals surface area contributed by atoms with Gasteiger partial charge in [0.25, 0.3) is 0 Å². The number of rotatable bonds is 7. The van der Waals surface area contributed by atoms with Gasteiger partial charge in [0.05, 0.1) is 0 Å². The molecule has 0 aromatic carbocycles. The van der Waals surface area contributed by atoms with Gasteiger partial charge in [-0.3, -0.25) is 10.1 Å². The Morgan fingerprint density at radius 3 is 2.76 bits per heavy atom. The third-order valence-electron chi connectivity index (χ3n) is 4.11. The number of unbranched alkanes of at least 4 members (excludes halogenated alkanes) is 1. The fourth-order valence-electron chi connectivity index (χ4n) is 3.12. The third-order valence-corrected chi connectivity index (χ3v) is 4.11. The van der Waals surface area contributed by atoms with Crippen molar-refractivity contribution in [2.24, 2.45) is 17.6 Å². The molecule has 1 rings (SSSR count). The molecule has 0 heterocycles. The van der Waals surface area contributed by atoms with Gasteiger partial charge in [-0.15, -0.1) is 0 Å². The molecule has 0 amide bonds. The maximum Gasteiger partial charge on any atom is 0.203 e. The predicted molar refractivity (Wildman–Crippen MR) is 69.4 cm³/mol. The summed E-state index contributed by atoms with van der Waals surface area (Å²) in [5, 5.41) is 10.2. The number of nitrogens with two attached hydrogens (primary N) is 1. The average Bonchev–Trinajstić information content (AvgIpc) is 2.29. The van der Waals surface area contributed by atoms with Crippen LogP contribution in [0.15, 0.2) is 0 Å². The summed E-state index contributed by atoms with van der Waals surface area (Å²) in [6.07, 6.45) is 8.95. The zero-order chi connectivity index (χ0) is 12.7. The molecule has 4 nitrogen and oxygen atoms in total. The number of nitrogens with zero attached hydrogens (tertiary/aromatic N) is 1. The first-order valence-corrected chi connectivity index (χ1v) is 7.00. The monoisotopic (exact) mass is 242 g/mol. The quantitative estimate of drug-likeness (QED) is 0.424. The van der Waals surface area contributed by atoms with Gasteiger partial charge in [-0.25, -0.2) is 0 Å². The van der Waals surface area contributed by atoms with Crippen LogP contribution in [0.3, 0.4) is 0 Å². The Balaban J connectivity index is 2.24. The normalized spacial score (nSPS) is 26.7. The molecule has 0 radical (unpaired) electrons. The molecule has 2 N–H and O–H groups in total. The van der Waals surface area contributed by atoms with E-state index in [1.54, 1.807) is 0 Å². The second kappa shape index (κ2) is 7.64. The number of hydrogen-bond acceptors (Lipinski definition) is 3. The SMILES string of the molecule is CCC(CCCC[N+](=O)[O-])C1CCCC(N)C1. The standard InChI is InChI=1S/C13H26N2O2/c1-2-11(6-3-4-9-15(16)17)12-7-5-8-13(14)10-12/h11-13H,2-10,14H2,1H3. The average molecular weight is 242 g/mol. The van der Waals surface area contributed by atoms with Crippen LogP contribution >= 0.6 is 0 Å². The Labute approximate surface area is 104 Å². The number of nitro groups is 1. The molecule has 17 heavy (non-hydrogen) atoms. The van der Waals surface area contributed by atoms with Gasteiger partial charge < -0.3 is 5.73 Å². The topological polar surface area (TPSA) is 69.2 Å². The maximum atomic E-state index is 10.2. The Bertz CT molecular complexity index is 233. The van der Waals surface area contributed by atoms with Crippen LogP contribution in [-0.4, -0.2) is 17.5 Å². The lowest BCUT2D eigenvalue weighted by Gasteiger charge is -2.32. The van der Waals surface area contributed by atoms with E-state index in [9.17, 15) is 10.1 Å². The third kappa shape index (κ3) is 5.48. The van der Waals surface area contributed by atoms with Crippen LogP contribution in [0.1, 0.15) is 58.3 Å². The van der Waals surface area contributed by atoms with Gasteiger partial charge in [0, 0.05) is 17.4 Å². The highest BCUT2D eigenvalue weighted by molar-refractivity contribution is 4.79. The van der Waals surface area contributed by atoms with E-state index in [0.717, 1.165) is 37.5 Å². The van der Waals surface area contributed by atoms with Crippen LogP contribution in [0, 0.1) is 22.0 Å². The molecule has 1 aliphatic carbocycles. The summed E-state index contributed by atoms with van der Waals surface area (Å²) in [4.78, 5) is 10.0. The summed E-state index contributed by atoms with van der Waals surface area (Å²) in [7, 11) is 0. The van der Waals surface area contributed by atoms with Crippen LogP contribution in [0.5, 0.6) is 0 Å². The van der Waals surface area contributed by atoms with Crippen molar-refractivity contribution in [3.63, 3.8) is 0 Å². The minimum Gasteiger partial charge on any atom is -0.328 e. The van der Waals surface area contributed by atoms with Crippen molar-refractivity contribution in [1.82, 2.24) is 0 Å². The van der Waals surface area contributed by atoms with E-state index in [1.807, 2.05) is 0 Å². The molecular formula is C13H26N2O2. The highest BCUT2D eigenvalue weighted by atomic mass is 16.6. The highest BCUT2D eigenvalue weighted by Crippen LogP contribution is 2.33. The first-order valence-electron chi connectivity index (χ1n) is 7.00. The Kier molecular flexibility index (Phi) is 6.48. The lowest BCUT2D eigenvalue weighted by Crippen LogP contribution is -2.31. The molecule has 3 unspecified atom stereocenters. The largest absolute Gasteiger partial charge is 0.328 e. The van der Waals surface area contributed by atoms with Gasteiger partial charge in [-0.1, -0.05) is 26.2 Å². The lowest BCUT2D eigenvalue weighted by atomic mass is 9.75. The van der Waals surface area contributed by atoms with Crippen molar-refractivity contribution in [3.8, 4) is 0 Å². The highest BCUT2D eigenvalue weighted by Gasteiger charge is 2.25. The molecule has 0 spiro atoms. The molecule has 4 heteroatoms. The van der Waals surface area contributed by atoms with Crippen LogP contribution in [0.4, 0.5) is 0 Å². The van der Waals surface area contributed by atoms with Crippen molar-refractivity contribution >= 4 is 0 Å². The molecule has 0 bridgehead atoms. The first-order chi connectivity index (χ1) is 8.13. The molecular weight excluding hydrogens is 216 g/mol. The molecule has 1 fully saturated rings. The smallest absolute Gasteiger partial charge is 0.203 e. The summed E-state index contributed by atoms with van der Waals surface area (Å²) in [5.41, 5.74) is 6.02. The van der Waals surface area contributed by atoms with Gasteiger partial charge in [-0.2, -0.15) is 0 Å². The van der Waals surface area contributed by atoms with E-state index in [2.05, 4.69) is 6.92 Å². The zero-order valence-electron chi connectivity index (χ0n) is 10.9. The van der Waals surface area contributed by atoms with E-state index in [4.69, 9.17) is 5.73 Å². The van der Waals surface area contributed by atoms with E-state index in [0.29, 0.717) is 6.04 Å². The first kappa shape index (κ1) is 14.4. The summed E-state index contributed by atoms with van der Waals surface area (Å²) in [6, 6.07) is 0.390. The molecule has 1 aliphatic rings. The van der Waals surface area contributed by atoms with E-state index in [1.165, 1.54) is 25.7 Å². The van der Waals surface area contributed by atoms with Gasteiger partial charge in [-0.05, 0) is 37.5 Å². The van der Waals surface area contributed by atoms with Crippen LogP contribution < -0.4 is 5.73 Å². The van der Waals surface area contributed by atoms with Gasteiger partial charge in [0.2, 0.25) is 6.54 Å². The van der Waals surface area contributed by atoms with Crippen molar-refractivity contribution in [2.45, 2.75) is 64.3 Å². The van der Waals surface area contributed by atoms with Gasteiger partial charge in [0.1, 0.15) is 0 Å². The summed E-state index contributed by atoms with van der Waals surface area (Å²) in [5.74, 6) is 1.49. The fourth-order valence-corrected chi connectivity index (χ4v) is 3.12. The molecule has 1 saturated carbocycles. The van der Waals surface area contributed by atoms with E-state index < -0.39 is 0 Å². The minimum atomic E-state index is -0.211. The lowest BCUT2D eigenvalue weighted by molar-refractivity contribution is -0.480. The molecule has 0 aliphatic heterocycles. The minimum absolute atomic E-state index is 0.126. The molecule has 0 saturated heterocycles. The van der Waals surface area contributed by atoms with Crippen molar-refractivity contribution < 1.29 is 4.92 Å². The maximum absolute atomic E-state index is 10.2. The predicted octanol–water partition coefficient (Wildman–Crippen LogP) is 2.98. The Morgan fingerprint density at radius 1 is 1.41 bits per heavy atom. The van der Waals surface area contributed by atoms with E-state index >= 15 is 0 Å². The summed E-state index contributed by atoms with van der Waals surface area (Å²) < 4.78 is 0. The van der Waals surface area contributed by atoms with Crippen LogP contribution in [-0.2, 0) is 0 Å². The van der Waals surface area contributed by atoms with Gasteiger partial charge >= 0.3 is 0 Å². The molecule has 0 aromatic rings. The van der Waals surface area contributed by atoms with Gasteiger partial charge in [0.15, 0.2) is 0 Å². The Hall–Kier alpha value is -0.640. The van der Waals surface area contributed by atoms with Crippen molar-refractivity contribution in [1.29, 1.82) is 0 Å². The molecule has 0 aromatic heterocycles. The second-order valence-electron chi connectivity index (χ2n) is 5.41. The fraction of sp³-hybridized carbons (Fsp3) is 1.00. The van der Waals surface area contributed by atoms with Crippen LogP contribution in [0.2, 0.25) is 0 Å². The van der Waals surface area contributed by atoms with Crippen LogP contribution in [0.25, 0.3) is 0 Å². The van der Waals surface area contributed by atoms with Crippen molar-refractivity contribution in [3.05, 3.63) is 10.1 Å². The summed E-state index contributed by atoms with van der Waals surface area (Å²) >= 11 is 0. The zero-order valence-corrected chi connectivity index (χ0v) is 10.9. The second-order valence-corrected chi connectivity index (χ2v) is 5.41. The van der Waals surface area contributed by atoms with Crippen molar-refractivity contribution in [2.75, 3.05) is 6.54 Å². The summed E-state index contributed by atoms with van der Waals surface area (Å²) in [6.45, 7) is 2.36. The molecule has 100 valence electrons. The number of hydrogen-bond donors (Lipinski definition) is 1. The Morgan fingerprint density at radius 2 is 2.18 bits per heavy atom. The van der Waals surface area contributed by atoms with E-state index in [-0.39, 0.29) is 11.5 Å².